The molecule has 0 saturated heterocycles. The van der Waals surface area contributed by atoms with Gasteiger partial charge in [0, 0.05) is 56.7 Å². The van der Waals surface area contributed by atoms with Crippen LogP contribution in [0, 0.1) is 13.8 Å². The number of hydrogen-bond acceptors (Lipinski definition) is 14. The van der Waals surface area contributed by atoms with Crippen molar-refractivity contribution >= 4 is 69.0 Å². The fourth-order valence-corrected chi connectivity index (χ4v) is 7.99. The van der Waals surface area contributed by atoms with E-state index in [0.29, 0.717) is 76.7 Å². The molecule has 0 radical (unpaired) electrons. The summed E-state index contributed by atoms with van der Waals surface area (Å²) in [5.41, 5.74) is 22.7. The van der Waals surface area contributed by atoms with Crippen LogP contribution in [-0.2, 0) is 39.3 Å². The maximum absolute atomic E-state index is 14.0. The Morgan fingerprint density at radius 3 is 1.48 bits per heavy atom. The highest BCUT2D eigenvalue weighted by Crippen LogP contribution is 2.33. The molecular weight excluding hydrogens is 937 g/mol. The fourth-order valence-electron chi connectivity index (χ4n) is 7.99. The van der Waals surface area contributed by atoms with E-state index in [1.807, 2.05) is 57.5 Å². The van der Waals surface area contributed by atoms with Crippen molar-refractivity contribution in [3.05, 3.63) is 132 Å². The van der Waals surface area contributed by atoms with E-state index in [9.17, 15) is 19.2 Å². The van der Waals surface area contributed by atoms with Crippen LogP contribution in [-0.4, -0.2) is 102 Å². The average Bonchev–Trinajstić information content (AvgIpc) is 4.24. The van der Waals surface area contributed by atoms with Gasteiger partial charge in [0.2, 0.25) is 23.7 Å². The third-order valence-corrected chi connectivity index (χ3v) is 11.4. The van der Waals surface area contributed by atoms with Gasteiger partial charge in [0.05, 0.1) is 59.3 Å². The Morgan fingerprint density at radius 1 is 0.616 bits per heavy atom. The molecule has 9 N–H and O–H groups in total. The number of primary amides is 2. The molecule has 378 valence electrons. The van der Waals surface area contributed by atoms with Crippen molar-refractivity contribution in [1.29, 1.82) is 0 Å². The maximum atomic E-state index is 14.0. The maximum Gasteiger partial charge on any atom is 0.276 e. The number of imidazole rings is 2. The lowest BCUT2D eigenvalue weighted by molar-refractivity contribution is 0.0991. The van der Waals surface area contributed by atoms with Crippen LogP contribution in [0.3, 0.4) is 0 Å². The predicted octanol–water partition coefficient (Wildman–Crippen LogP) is 4.68. The zero-order valence-corrected chi connectivity index (χ0v) is 40.9. The minimum Gasteiger partial charge on any atom is -0.487 e. The first-order valence-corrected chi connectivity index (χ1v) is 23.3. The van der Waals surface area contributed by atoms with Gasteiger partial charge < -0.3 is 41.1 Å². The molecule has 24 heteroatoms. The molecule has 8 rings (SSSR count). The highest BCUT2D eigenvalue weighted by molar-refractivity contribution is 6.05. The molecule has 0 bridgehead atoms. The van der Waals surface area contributed by atoms with Crippen LogP contribution in [0.1, 0.15) is 66.9 Å². The zero-order chi connectivity index (χ0) is 51.8. The number of nitrogens with one attached hydrogen (secondary N) is 3. The van der Waals surface area contributed by atoms with E-state index in [-0.39, 0.29) is 60.8 Å². The number of fused-ring (bicyclic) bond motifs is 2. The number of hydrogen-bond donors (Lipinski definition) is 6. The van der Waals surface area contributed by atoms with Crippen molar-refractivity contribution in [1.82, 2.24) is 58.2 Å². The standard InChI is InChI=1S/C49H56N18O6/c1-6-66-38(20-30(3)60-66)46(70)58-48-56-36-22-32(44(51)68)24-40(72-18-12-10-14-62-28-34(50)26-54-62)42(36)64(48)16-8-9-17-65-43-37(57-49(65)59-47(71)39-21-31(4)61-67(39)7-2)23-33(45(52)69)25-41(43)73-19-13-11-15-63-29-35(53-5)27-55-63/h8-13,20-29,53H,6-7,14-19,50H2,1-5H3,(H2,51,68)(H2,52,69)(H,56,58,70)(H,57,59,71)/b9-8+,12-10+,13-11+. The van der Waals surface area contributed by atoms with Crippen molar-refractivity contribution in [3.63, 3.8) is 0 Å². The normalized spacial score (nSPS) is 11.7. The summed E-state index contributed by atoms with van der Waals surface area (Å²) in [6, 6.07) is 9.50. The molecule has 0 fully saturated rings. The van der Waals surface area contributed by atoms with Crippen LogP contribution >= 0.6 is 0 Å². The Morgan fingerprint density at radius 2 is 1.07 bits per heavy atom. The van der Waals surface area contributed by atoms with Gasteiger partial charge in [-0.15, -0.1) is 0 Å². The number of benzene rings is 2. The molecular formula is C49H56N18O6. The topological polar surface area (TPSA) is 308 Å². The molecule has 4 amide bonds. The van der Waals surface area contributed by atoms with Crippen LogP contribution in [0.4, 0.5) is 23.3 Å². The summed E-state index contributed by atoms with van der Waals surface area (Å²) in [7, 11) is 1.81. The van der Waals surface area contributed by atoms with Gasteiger partial charge in [-0.25, -0.2) is 9.97 Å². The summed E-state index contributed by atoms with van der Waals surface area (Å²) in [6.07, 6.45) is 17.9. The summed E-state index contributed by atoms with van der Waals surface area (Å²) in [5, 5.41) is 26.4. The van der Waals surface area contributed by atoms with Gasteiger partial charge in [0.1, 0.15) is 47.1 Å². The van der Waals surface area contributed by atoms with Gasteiger partial charge in [-0.2, -0.15) is 20.4 Å². The Balaban J connectivity index is 1.16. The Hall–Kier alpha value is -9.48. The SMILES string of the molecule is CCn1nc(C)cc1C(=O)Nc1nc2cc(C(N)=O)cc(OC/C=C/Cn3cc(N)cn3)c2n1C/C=C/Cn1c(NC(=O)c2cc(C)nn2CC)nc2cc(C(N)=O)cc(OC/C=C/Cn3cc(NC)cn3)c21. The second-order valence-corrected chi connectivity index (χ2v) is 16.6. The van der Waals surface area contributed by atoms with E-state index in [0.717, 1.165) is 5.69 Å². The summed E-state index contributed by atoms with van der Waals surface area (Å²) in [6.45, 7) is 9.58. The van der Waals surface area contributed by atoms with Gasteiger partial charge >= 0.3 is 0 Å². The number of nitrogens with two attached hydrogens (primary N) is 3. The predicted molar refractivity (Wildman–Crippen MR) is 275 cm³/mol. The molecule has 0 unspecified atom stereocenters. The molecule has 73 heavy (non-hydrogen) atoms. The lowest BCUT2D eigenvalue weighted by Crippen LogP contribution is -2.20. The quantitative estimate of drug-likeness (QED) is 0.0474. The number of aryl methyl sites for hydroxylation is 4. The van der Waals surface area contributed by atoms with Crippen LogP contribution < -0.4 is 42.6 Å². The summed E-state index contributed by atoms with van der Waals surface area (Å²) in [5.74, 6) is -1.48. The largest absolute Gasteiger partial charge is 0.487 e. The van der Waals surface area contributed by atoms with Crippen LogP contribution in [0.2, 0.25) is 0 Å². The van der Waals surface area contributed by atoms with Crippen LogP contribution in [0.5, 0.6) is 11.5 Å². The summed E-state index contributed by atoms with van der Waals surface area (Å²) < 4.78 is 22.7. The number of carbonyl (C=O) groups is 4. The molecule has 0 saturated carbocycles. The second kappa shape index (κ2) is 22.1. The molecule has 24 nitrogen and oxygen atoms in total. The van der Waals surface area contributed by atoms with E-state index >= 15 is 0 Å². The molecule has 0 aliphatic heterocycles. The first-order chi connectivity index (χ1) is 35.2. The van der Waals surface area contributed by atoms with Gasteiger partial charge in [0.25, 0.3) is 11.8 Å². The van der Waals surface area contributed by atoms with Crippen molar-refractivity contribution < 1.29 is 28.7 Å². The number of carbonyl (C=O) groups excluding carboxylic acids is 4. The van der Waals surface area contributed by atoms with E-state index < -0.39 is 23.6 Å². The third-order valence-electron chi connectivity index (χ3n) is 11.4. The Labute approximate surface area is 418 Å². The van der Waals surface area contributed by atoms with Crippen molar-refractivity contribution in [2.45, 2.75) is 67.0 Å². The zero-order valence-electron chi connectivity index (χ0n) is 40.9. The van der Waals surface area contributed by atoms with E-state index in [4.69, 9.17) is 36.6 Å². The van der Waals surface area contributed by atoms with Gasteiger partial charge in [0.15, 0.2) is 0 Å². The molecule has 0 aliphatic rings. The average molecular weight is 993 g/mol. The van der Waals surface area contributed by atoms with Gasteiger partial charge in [-0.05, 0) is 76.2 Å². The van der Waals surface area contributed by atoms with Crippen LogP contribution in [0.25, 0.3) is 22.1 Å². The number of rotatable bonds is 23. The molecule has 0 atom stereocenters. The first kappa shape index (κ1) is 49.9. The van der Waals surface area contributed by atoms with E-state index in [1.165, 1.54) is 24.3 Å². The second-order valence-electron chi connectivity index (χ2n) is 16.6. The first-order valence-electron chi connectivity index (χ1n) is 23.3. The van der Waals surface area contributed by atoms with Gasteiger partial charge in [-0.1, -0.05) is 24.3 Å². The Bertz CT molecular complexity index is 3430. The number of nitrogens with zero attached hydrogens (tertiary/aromatic N) is 12. The van der Waals surface area contributed by atoms with Crippen molar-refractivity contribution in [3.8, 4) is 11.5 Å². The minimum atomic E-state index is -0.703. The number of ether oxygens (including phenoxy) is 2. The highest BCUT2D eigenvalue weighted by Gasteiger charge is 2.24. The molecule has 0 spiro atoms. The summed E-state index contributed by atoms with van der Waals surface area (Å²) in [4.78, 5) is 62.8. The fraction of sp³-hybridized carbons (Fsp3) is 0.265. The summed E-state index contributed by atoms with van der Waals surface area (Å²) >= 11 is 0. The molecule has 0 aliphatic carbocycles. The molecule has 8 aromatic rings. The molecule has 6 aromatic heterocycles. The third kappa shape index (κ3) is 11.4. The Kier molecular flexibility index (Phi) is 15.1. The highest BCUT2D eigenvalue weighted by atomic mass is 16.5. The number of amides is 4. The van der Waals surface area contributed by atoms with Crippen molar-refractivity contribution in [2.75, 3.05) is 41.9 Å². The minimum absolute atomic E-state index is 0.0894. The molecule has 2 aromatic carbocycles. The van der Waals surface area contributed by atoms with E-state index in [2.05, 4.69) is 36.3 Å². The van der Waals surface area contributed by atoms with Gasteiger partial charge in [-0.3, -0.25) is 48.5 Å². The number of aromatic nitrogens is 12. The van der Waals surface area contributed by atoms with Crippen molar-refractivity contribution in [2.24, 2.45) is 11.5 Å². The number of allylic oxidation sites excluding steroid dienone is 4. The lowest BCUT2D eigenvalue weighted by Gasteiger charge is -2.13. The molecule has 6 heterocycles. The monoisotopic (exact) mass is 992 g/mol. The number of nitrogen functional groups attached to an aromatic ring is 1. The van der Waals surface area contributed by atoms with Crippen LogP contribution in [0.15, 0.2) is 97.6 Å². The lowest BCUT2D eigenvalue weighted by atomic mass is 10.1. The number of anilines is 4. The smallest absolute Gasteiger partial charge is 0.276 e. The van der Waals surface area contributed by atoms with E-state index in [1.54, 1.807) is 78.5 Å².